The Morgan fingerprint density at radius 1 is 1.21 bits per heavy atom. The molecular formula is C19H23N3OS. The van der Waals surface area contributed by atoms with Crippen LogP contribution in [0.3, 0.4) is 0 Å². The highest BCUT2D eigenvalue weighted by Gasteiger charge is 2.31. The van der Waals surface area contributed by atoms with Crippen LogP contribution in [0.25, 0.3) is 0 Å². The van der Waals surface area contributed by atoms with Crippen LogP contribution >= 0.6 is 11.8 Å². The Hall–Kier alpha value is -1.56. The lowest BCUT2D eigenvalue weighted by atomic mass is 9.78. The van der Waals surface area contributed by atoms with Gasteiger partial charge in [-0.05, 0) is 68.7 Å². The maximum absolute atomic E-state index is 9.50. The summed E-state index contributed by atoms with van der Waals surface area (Å²) in [5.41, 5.74) is 2.94. The molecule has 24 heavy (non-hydrogen) atoms. The van der Waals surface area contributed by atoms with Crippen molar-refractivity contribution in [1.82, 2.24) is 4.98 Å². The van der Waals surface area contributed by atoms with Crippen LogP contribution in [0.2, 0.25) is 0 Å². The zero-order valence-corrected chi connectivity index (χ0v) is 14.8. The van der Waals surface area contributed by atoms with E-state index in [0.717, 1.165) is 49.3 Å². The molecule has 1 aromatic heterocycles. The van der Waals surface area contributed by atoms with Crippen LogP contribution in [-0.4, -0.2) is 24.0 Å². The molecule has 0 N–H and O–H groups in total. The van der Waals surface area contributed by atoms with Crippen molar-refractivity contribution in [2.24, 2.45) is 5.41 Å². The van der Waals surface area contributed by atoms with Crippen LogP contribution in [-0.2, 0) is 17.6 Å². The fraction of sp³-hybridized carbons (Fsp3) is 0.632. The lowest BCUT2D eigenvalue weighted by Gasteiger charge is -2.30. The minimum atomic E-state index is -0.208. The molecule has 1 aliphatic heterocycles. The van der Waals surface area contributed by atoms with Crippen molar-refractivity contribution in [2.75, 3.05) is 19.0 Å². The van der Waals surface area contributed by atoms with E-state index in [-0.39, 0.29) is 5.41 Å². The molecule has 0 saturated carbocycles. The second kappa shape index (κ2) is 8.01. The van der Waals surface area contributed by atoms with Crippen molar-refractivity contribution >= 4 is 11.8 Å². The summed E-state index contributed by atoms with van der Waals surface area (Å²) in [6, 6.07) is 6.87. The van der Waals surface area contributed by atoms with Crippen LogP contribution in [0.1, 0.15) is 55.3 Å². The van der Waals surface area contributed by atoms with Crippen LogP contribution in [0.5, 0.6) is 0 Å². The number of thioether (sulfide) groups is 1. The maximum atomic E-state index is 9.50. The van der Waals surface area contributed by atoms with Gasteiger partial charge in [0.25, 0.3) is 0 Å². The fourth-order valence-corrected chi connectivity index (χ4v) is 4.48. The van der Waals surface area contributed by atoms with Gasteiger partial charge in [0.15, 0.2) is 0 Å². The summed E-state index contributed by atoms with van der Waals surface area (Å²) in [6.45, 7) is 1.40. The van der Waals surface area contributed by atoms with E-state index in [1.54, 1.807) is 11.8 Å². The van der Waals surface area contributed by atoms with Gasteiger partial charge in [-0.1, -0.05) is 0 Å². The normalized spacial score (nSPS) is 19.1. The molecule has 1 saturated heterocycles. The molecule has 126 valence electrons. The van der Waals surface area contributed by atoms with Gasteiger partial charge in [-0.25, -0.2) is 4.98 Å². The molecule has 0 atom stereocenters. The third-order valence-corrected chi connectivity index (χ3v) is 6.19. The Morgan fingerprint density at radius 2 is 2.00 bits per heavy atom. The molecule has 1 aromatic rings. The van der Waals surface area contributed by atoms with Crippen molar-refractivity contribution < 1.29 is 4.74 Å². The number of rotatable bonds is 5. The molecular weight excluding hydrogens is 318 g/mol. The second-order valence-electron chi connectivity index (χ2n) is 6.72. The summed E-state index contributed by atoms with van der Waals surface area (Å²) in [7, 11) is 0. The summed E-state index contributed by atoms with van der Waals surface area (Å²) in [4.78, 5) is 4.76. The third-order valence-electron chi connectivity index (χ3n) is 5.11. The maximum Gasteiger partial charge on any atom is 0.114 e. The summed E-state index contributed by atoms with van der Waals surface area (Å²) in [6.07, 6.45) is 8.05. The van der Waals surface area contributed by atoms with E-state index in [2.05, 4.69) is 12.1 Å². The molecule has 3 rings (SSSR count). The summed E-state index contributed by atoms with van der Waals surface area (Å²) < 4.78 is 5.38. The molecule has 0 bridgehead atoms. The lowest BCUT2D eigenvalue weighted by Crippen LogP contribution is -2.28. The van der Waals surface area contributed by atoms with Gasteiger partial charge < -0.3 is 4.74 Å². The Balaban J connectivity index is 1.58. The molecule has 2 aliphatic rings. The first-order valence-electron chi connectivity index (χ1n) is 8.81. The van der Waals surface area contributed by atoms with E-state index in [1.807, 2.05) is 6.07 Å². The number of aryl methyl sites for hydroxylation is 2. The largest absolute Gasteiger partial charge is 0.381 e. The van der Waals surface area contributed by atoms with Gasteiger partial charge in [0.1, 0.15) is 11.1 Å². The number of aromatic nitrogens is 1. The Morgan fingerprint density at radius 3 is 2.75 bits per heavy atom. The highest BCUT2D eigenvalue weighted by molar-refractivity contribution is 7.99. The Kier molecular flexibility index (Phi) is 5.76. The van der Waals surface area contributed by atoms with Crippen molar-refractivity contribution in [1.29, 1.82) is 10.5 Å². The van der Waals surface area contributed by atoms with E-state index in [0.29, 0.717) is 18.8 Å². The molecule has 0 amide bonds. The van der Waals surface area contributed by atoms with E-state index in [9.17, 15) is 10.5 Å². The van der Waals surface area contributed by atoms with Gasteiger partial charge in [-0.15, -0.1) is 11.8 Å². The molecule has 1 fully saturated rings. The van der Waals surface area contributed by atoms with Crippen molar-refractivity contribution in [3.8, 4) is 12.1 Å². The van der Waals surface area contributed by atoms with Gasteiger partial charge >= 0.3 is 0 Å². The van der Waals surface area contributed by atoms with Crippen molar-refractivity contribution in [2.45, 2.75) is 56.4 Å². The number of hydrogen-bond acceptors (Lipinski definition) is 5. The molecule has 0 unspecified atom stereocenters. The monoisotopic (exact) mass is 341 g/mol. The SMILES string of the molecule is N#Cc1cc2c(nc1SCCCC1(C#N)CCOCC1)CCCC2. The van der Waals surface area contributed by atoms with E-state index in [4.69, 9.17) is 9.72 Å². The first-order valence-corrected chi connectivity index (χ1v) is 9.80. The highest BCUT2D eigenvalue weighted by Crippen LogP contribution is 2.36. The molecule has 0 aromatic carbocycles. The average molecular weight is 341 g/mol. The molecule has 4 nitrogen and oxygen atoms in total. The predicted molar refractivity (Wildman–Crippen MR) is 93.7 cm³/mol. The van der Waals surface area contributed by atoms with Gasteiger partial charge in [-0.3, -0.25) is 0 Å². The predicted octanol–water partition coefficient (Wildman–Crippen LogP) is 4.02. The van der Waals surface area contributed by atoms with Gasteiger partial charge in [-0.2, -0.15) is 10.5 Å². The topological polar surface area (TPSA) is 69.7 Å². The molecule has 0 radical (unpaired) electrons. The molecule has 2 heterocycles. The van der Waals surface area contributed by atoms with Gasteiger partial charge in [0.05, 0.1) is 17.0 Å². The molecule has 1 aliphatic carbocycles. The fourth-order valence-electron chi connectivity index (χ4n) is 3.56. The van der Waals surface area contributed by atoms with Crippen LogP contribution in [0.15, 0.2) is 11.1 Å². The molecule has 5 heteroatoms. The summed E-state index contributed by atoms with van der Waals surface area (Å²) in [5, 5.41) is 19.8. The Bertz CT molecular complexity index is 668. The number of nitrogens with zero attached hydrogens (tertiary/aromatic N) is 3. The van der Waals surface area contributed by atoms with Crippen molar-refractivity contribution in [3.05, 3.63) is 22.9 Å². The highest BCUT2D eigenvalue weighted by atomic mass is 32.2. The van der Waals surface area contributed by atoms with Crippen LogP contribution in [0.4, 0.5) is 0 Å². The number of nitriles is 2. The number of ether oxygens (including phenoxy) is 1. The first kappa shape index (κ1) is 17.3. The lowest BCUT2D eigenvalue weighted by molar-refractivity contribution is 0.0368. The van der Waals surface area contributed by atoms with Gasteiger partial charge in [0, 0.05) is 18.9 Å². The van der Waals surface area contributed by atoms with Gasteiger partial charge in [0.2, 0.25) is 0 Å². The van der Waals surface area contributed by atoms with Crippen LogP contribution in [0, 0.1) is 28.1 Å². The van der Waals surface area contributed by atoms with E-state index < -0.39 is 0 Å². The minimum Gasteiger partial charge on any atom is -0.381 e. The Labute approximate surface area is 148 Å². The summed E-state index contributed by atoms with van der Waals surface area (Å²) >= 11 is 1.67. The zero-order valence-electron chi connectivity index (χ0n) is 14.0. The van der Waals surface area contributed by atoms with Crippen molar-refractivity contribution in [3.63, 3.8) is 0 Å². The smallest absolute Gasteiger partial charge is 0.114 e. The molecule has 0 spiro atoms. The van der Waals surface area contributed by atoms with E-state index in [1.165, 1.54) is 24.1 Å². The quantitative estimate of drug-likeness (QED) is 0.597. The summed E-state index contributed by atoms with van der Waals surface area (Å²) in [5.74, 6) is 0.907. The number of fused-ring (bicyclic) bond motifs is 1. The standard InChI is InChI=1S/C19H23N3OS/c20-13-16-12-15-4-1-2-5-17(15)22-18(16)24-11-3-6-19(14-21)7-9-23-10-8-19/h12H,1-11H2. The minimum absolute atomic E-state index is 0.208. The zero-order chi connectivity index (χ0) is 16.8. The van der Waals surface area contributed by atoms with E-state index >= 15 is 0 Å². The second-order valence-corrected chi connectivity index (χ2v) is 7.81. The third kappa shape index (κ3) is 3.91. The average Bonchev–Trinajstić information content (AvgIpc) is 2.65. The van der Waals surface area contributed by atoms with Crippen LogP contribution < -0.4 is 0 Å². The number of hydrogen-bond donors (Lipinski definition) is 0. The number of pyridine rings is 1. The first-order chi connectivity index (χ1) is 11.8.